The molecule has 0 bridgehead atoms. The number of thiocarbonyl (C=S) groups is 1. The van der Waals surface area contributed by atoms with Crippen molar-refractivity contribution in [1.29, 1.82) is 0 Å². The lowest BCUT2D eigenvalue weighted by Crippen LogP contribution is -2.06. The summed E-state index contributed by atoms with van der Waals surface area (Å²) in [5, 5.41) is 8.72. The summed E-state index contributed by atoms with van der Waals surface area (Å²) < 4.78 is 5.27. The van der Waals surface area contributed by atoms with Gasteiger partial charge in [-0.2, -0.15) is 0 Å². The van der Waals surface area contributed by atoms with Crippen molar-refractivity contribution in [3.05, 3.63) is 29.3 Å². The van der Waals surface area contributed by atoms with E-state index in [9.17, 15) is 4.79 Å². The highest BCUT2D eigenvalue weighted by atomic mass is 32.1. The van der Waals surface area contributed by atoms with E-state index in [0.717, 1.165) is 0 Å². The van der Waals surface area contributed by atoms with Gasteiger partial charge in [0, 0.05) is 0 Å². The minimum atomic E-state index is -0.921. The van der Waals surface area contributed by atoms with E-state index in [1.807, 2.05) is 0 Å². The topological polar surface area (TPSA) is 46.5 Å². The van der Waals surface area contributed by atoms with Crippen LogP contribution in [0.4, 0.5) is 0 Å². The molecule has 0 aliphatic carbocycles. The number of ether oxygens (including phenoxy) is 1. The molecule has 0 aliphatic heterocycles. The second-order valence-corrected chi connectivity index (χ2v) is 3.96. The van der Waals surface area contributed by atoms with Gasteiger partial charge in [0.25, 0.3) is 0 Å². The van der Waals surface area contributed by atoms with Crippen LogP contribution < -0.4 is 4.74 Å². The first-order chi connectivity index (χ1) is 7.04. The van der Waals surface area contributed by atoms with Crippen LogP contribution in [0.3, 0.4) is 0 Å². The molecule has 1 aromatic rings. The van der Waals surface area contributed by atoms with Crippen molar-refractivity contribution in [3.63, 3.8) is 0 Å². The molecule has 3 nitrogen and oxygen atoms in total. The monoisotopic (exact) mass is 241 g/mol. The minimum absolute atomic E-state index is 0.108. The molecule has 15 heavy (non-hydrogen) atoms. The van der Waals surface area contributed by atoms with Gasteiger partial charge < -0.3 is 34.7 Å². The summed E-state index contributed by atoms with van der Waals surface area (Å²) in [6, 6.07) is 5.04. The molecule has 1 aromatic carbocycles. The lowest BCUT2D eigenvalue weighted by Gasteiger charge is -2.12. The quantitative estimate of drug-likeness (QED) is 0.640. The first kappa shape index (κ1) is 11.9. The zero-order chi connectivity index (χ0) is 11.4. The van der Waals surface area contributed by atoms with E-state index in [-0.39, 0.29) is 10.6 Å². The van der Waals surface area contributed by atoms with Crippen LogP contribution in [0, 0.1) is 0 Å². The van der Waals surface area contributed by atoms with Gasteiger partial charge in [-0.05, 0) is 23.3 Å². The maximum atomic E-state index is 10.6. The Morgan fingerprint density at radius 3 is 2.73 bits per heavy atom. The third-order valence-corrected chi connectivity index (χ3v) is 2.31. The Morgan fingerprint density at radius 1 is 1.60 bits per heavy atom. The van der Waals surface area contributed by atoms with Crippen LogP contribution in [0.5, 0.6) is 5.75 Å². The molecule has 0 radical (unpaired) electrons. The molecule has 1 N–H and O–H groups in total. The van der Waals surface area contributed by atoms with Crippen LogP contribution in [0.2, 0.25) is 0 Å². The molecule has 0 amide bonds. The lowest BCUT2D eigenvalue weighted by molar-refractivity contribution is -0.136. The van der Waals surface area contributed by atoms with Crippen LogP contribution in [0.25, 0.3) is 0 Å². The number of carboxylic acid groups (broad SMARTS) is 1. The molecule has 0 fully saturated rings. The smallest absolute Gasteiger partial charge is 0.307 e. The van der Waals surface area contributed by atoms with Crippen molar-refractivity contribution in [2.45, 2.75) is 6.42 Å². The molecule has 0 saturated heterocycles. The third-order valence-electron chi connectivity index (χ3n) is 1.87. The summed E-state index contributed by atoms with van der Waals surface area (Å²) in [4.78, 5) is 10.6. The second-order valence-electron chi connectivity index (χ2n) is 2.88. The van der Waals surface area contributed by atoms with Gasteiger partial charge in [0.05, 0.1) is 13.5 Å². The molecule has 80 valence electrons. The van der Waals surface area contributed by atoms with Crippen LogP contribution in [-0.2, 0) is 23.8 Å². The maximum absolute atomic E-state index is 10.6. The van der Waals surface area contributed by atoms with Gasteiger partial charge in [-0.1, -0.05) is 6.07 Å². The Bertz CT molecular complexity index is 402. The summed E-state index contributed by atoms with van der Waals surface area (Å²) in [6.07, 6.45) is -0.108. The normalized spacial score (nSPS) is 9.67. The molecule has 0 saturated carbocycles. The van der Waals surface area contributed by atoms with Crippen molar-refractivity contribution in [3.8, 4) is 5.75 Å². The van der Waals surface area contributed by atoms with Crippen molar-refractivity contribution in [1.82, 2.24) is 0 Å². The predicted molar refractivity (Wildman–Crippen MR) is 63.4 cm³/mol. The van der Waals surface area contributed by atoms with Crippen molar-refractivity contribution in [2.75, 3.05) is 7.11 Å². The van der Waals surface area contributed by atoms with E-state index < -0.39 is 5.97 Å². The van der Waals surface area contributed by atoms with Gasteiger partial charge in [-0.15, -0.1) is 4.20 Å². The summed E-state index contributed by atoms with van der Waals surface area (Å²) >= 11 is 9.73. The standard InChI is InChI=1S/C10H10O3S2/c1-13-7-2-3-8(10(14)15)6(4-7)5-9(11)12/h2-4H,5H2,1H3,(H,11,12)(H,14,15)/p-1. The fourth-order valence-electron chi connectivity index (χ4n) is 1.21. The Balaban J connectivity index is 3.16. The lowest BCUT2D eigenvalue weighted by atomic mass is 10.1. The Morgan fingerprint density at radius 2 is 2.27 bits per heavy atom. The third kappa shape index (κ3) is 3.14. The first-order valence-corrected chi connectivity index (χ1v) is 4.96. The number of carbonyl (C=O) groups is 1. The molecule has 0 spiro atoms. The van der Waals surface area contributed by atoms with E-state index in [1.165, 1.54) is 7.11 Å². The number of methoxy groups -OCH3 is 1. The Hall–Kier alpha value is -1.20. The van der Waals surface area contributed by atoms with Gasteiger partial charge >= 0.3 is 5.97 Å². The van der Waals surface area contributed by atoms with Crippen molar-refractivity contribution >= 4 is 35.0 Å². The van der Waals surface area contributed by atoms with Crippen LogP contribution in [-0.4, -0.2) is 22.4 Å². The maximum Gasteiger partial charge on any atom is 0.307 e. The molecule has 0 aliphatic rings. The van der Waals surface area contributed by atoms with Crippen LogP contribution >= 0.6 is 12.2 Å². The first-order valence-electron chi connectivity index (χ1n) is 4.14. The highest BCUT2D eigenvalue weighted by molar-refractivity contribution is 8.01. The van der Waals surface area contributed by atoms with E-state index in [1.54, 1.807) is 18.2 Å². The SMILES string of the molecule is COc1ccc(C(=S)[S-])c(CC(=O)O)c1. The molecule has 0 atom stereocenters. The number of rotatable bonds is 4. The number of aliphatic carboxylic acids is 1. The van der Waals surface area contributed by atoms with E-state index >= 15 is 0 Å². The van der Waals surface area contributed by atoms with Gasteiger partial charge in [0.1, 0.15) is 5.75 Å². The average Bonchev–Trinajstić information content (AvgIpc) is 2.16. The molecule has 0 aromatic heterocycles. The minimum Gasteiger partial charge on any atom is -0.497 e. The van der Waals surface area contributed by atoms with Crippen LogP contribution in [0.1, 0.15) is 11.1 Å². The summed E-state index contributed by atoms with van der Waals surface area (Å²) in [5.74, 6) is -0.322. The molecule has 5 heteroatoms. The zero-order valence-corrected chi connectivity index (χ0v) is 9.65. The fourth-order valence-corrected chi connectivity index (χ4v) is 1.60. The van der Waals surface area contributed by atoms with Gasteiger partial charge in [-0.25, -0.2) is 0 Å². The summed E-state index contributed by atoms with van der Waals surface area (Å²) in [6.45, 7) is 0. The highest BCUT2D eigenvalue weighted by Crippen LogP contribution is 2.19. The fraction of sp³-hybridized carbons (Fsp3) is 0.200. The second kappa shape index (κ2) is 5.04. The number of carboxylic acids is 1. The molecule has 0 unspecified atom stereocenters. The average molecular weight is 241 g/mol. The van der Waals surface area contributed by atoms with Gasteiger partial charge in [0.15, 0.2) is 0 Å². The van der Waals surface area contributed by atoms with Crippen LogP contribution in [0.15, 0.2) is 18.2 Å². The Kier molecular flexibility index (Phi) is 3.99. The number of hydrogen-bond acceptors (Lipinski definition) is 4. The number of benzene rings is 1. The predicted octanol–water partition coefficient (Wildman–Crippen LogP) is 1.54. The molecular formula is C10H9O3S2-. The zero-order valence-electron chi connectivity index (χ0n) is 8.02. The highest BCUT2D eigenvalue weighted by Gasteiger charge is 2.07. The van der Waals surface area contributed by atoms with Crippen molar-refractivity contribution < 1.29 is 14.6 Å². The largest absolute Gasteiger partial charge is 0.497 e. The van der Waals surface area contributed by atoms with E-state index in [0.29, 0.717) is 16.9 Å². The Labute approximate surface area is 98.5 Å². The molecular weight excluding hydrogens is 232 g/mol. The van der Waals surface area contributed by atoms with Gasteiger partial charge in [-0.3, -0.25) is 4.79 Å². The number of hydrogen-bond donors (Lipinski definition) is 1. The molecule has 0 heterocycles. The molecule has 1 rings (SSSR count). The van der Waals surface area contributed by atoms with Crippen molar-refractivity contribution in [2.24, 2.45) is 0 Å². The van der Waals surface area contributed by atoms with E-state index in [4.69, 9.17) is 34.7 Å². The van der Waals surface area contributed by atoms with Gasteiger partial charge in [0.2, 0.25) is 0 Å². The van der Waals surface area contributed by atoms with E-state index in [2.05, 4.69) is 0 Å². The summed E-state index contributed by atoms with van der Waals surface area (Å²) in [7, 11) is 1.52. The summed E-state index contributed by atoms with van der Waals surface area (Å²) in [5.41, 5.74) is 1.20.